The van der Waals surface area contributed by atoms with Gasteiger partial charge in [0, 0.05) is 17.0 Å². The lowest BCUT2D eigenvalue weighted by atomic mass is 9.90. The normalized spacial score (nSPS) is 21.8. The van der Waals surface area contributed by atoms with E-state index < -0.39 is 0 Å². The van der Waals surface area contributed by atoms with Crippen LogP contribution in [0.3, 0.4) is 0 Å². The van der Waals surface area contributed by atoms with Gasteiger partial charge >= 0.3 is 0 Å². The molecule has 0 radical (unpaired) electrons. The molecule has 1 fully saturated rings. The lowest BCUT2D eigenvalue weighted by Crippen LogP contribution is -2.40. The van der Waals surface area contributed by atoms with E-state index in [1.54, 1.807) is 19.2 Å². The van der Waals surface area contributed by atoms with E-state index in [1.807, 2.05) is 42.3 Å². The van der Waals surface area contributed by atoms with Gasteiger partial charge in [-0.25, -0.2) is 0 Å². The second-order valence-electron chi connectivity index (χ2n) is 8.59. The molecule has 1 aliphatic heterocycles. The number of rotatable bonds is 5. The standard InChI is InChI=1S/C25H29Cl2N3O2/c1-16-23(25(31)28-19-7-5-3-4-6-8-19)29-30(22-14-11-18(26)15-21(22)27)24(16)17-9-12-20(32-2)13-10-17/h9-16,19,24H,3-8H2,1-2H3,(H,28,31)/t16-,24+/m1/s1. The number of carbonyl (C=O) groups excluding carboxylic acids is 1. The number of carbonyl (C=O) groups is 1. The van der Waals surface area contributed by atoms with Gasteiger partial charge < -0.3 is 10.1 Å². The van der Waals surface area contributed by atoms with Gasteiger partial charge in [-0.1, -0.05) is 67.9 Å². The fourth-order valence-corrected chi connectivity index (χ4v) is 5.16. The van der Waals surface area contributed by atoms with E-state index in [0.717, 1.165) is 42.7 Å². The first-order valence-electron chi connectivity index (χ1n) is 11.3. The van der Waals surface area contributed by atoms with Crippen molar-refractivity contribution < 1.29 is 9.53 Å². The Morgan fingerprint density at radius 3 is 2.38 bits per heavy atom. The summed E-state index contributed by atoms with van der Waals surface area (Å²) in [6.45, 7) is 2.05. The van der Waals surface area contributed by atoms with Crippen molar-refractivity contribution in [2.24, 2.45) is 11.0 Å². The monoisotopic (exact) mass is 473 g/mol. The number of anilines is 1. The molecular weight excluding hydrogens is 445 g/mol. The molecule has 170 valence electrons. The lowest BCUT2D eigenvalue weighted by molar-refractivity contribution is -0.115. The van der Waals surface area contributed by atoms with Crippen molar-refractivity contribution in [3.05, 3.63) is 58.1 Å². The zero-order chi connectivity index (χ0) is 22.7. The number of ether oxygens (including phenoxy) is 1. The molecule has 1 saturated carbocycles. The summed E-state index contributed by atoms with van der Waals surface area (Å²) in [6.07, 6.45) is 6.87. The number of nitrogens with one attached hydrogen (secondary N) is 1. The number of hydrazone groups is 1. The molecule has 2 aliphatic rings. The van der Waals surface area contributed by atoms with E-state index >= 15 is 0 Å². The fourth-order valence-electron chi connectivity index (χ4n) is 4.67. The number of amides is 1. The second-order valence-corrected chi connectivity index (χ2v) is 9.44. The van der Waals surface area contributed by atoms with Gasteiger partial charge in [-0.3, -0.25) is 9.80 Å². The Morgan fingerprint density at radius 1 is 1.06 bits per heavy atom. The van der Waals surface area contributed by atoms with Crippen LogP contribution >= 0.6 is 23.2 Å². The van der Waals surface area contributed by atoms with Gasteiger partial charge in [0.2, 0.25) is 0 Å². The molecule has 2 aromatic carbocycles. The molecule has 0 unspecified atom stereocenters. The minimum atomic E-state index is -0.172. The number of benzene rings is 2. The third kappa shape index (κ3) is 4.89. The summed E-state index contributed by atoms with van der Waals surface area (Å²) in [5.41, 5.74) is 2.28. The van der Waals surface area contributed by atoms with Gasteiger partial charge in [0.05, 0.1) is 23.9 Å². The quantitative estimate of drug-likeness (QED) is 0.511. The summed E-state index contributed by atoms with van der Waals surface area (Å²) in [6, 6.07) is 13.3. The molecule has 7 heteroatoms. The third-order valence-electron chi connectivity index (χ3n) is 6.42. The Kier molecular flexibility index (Phi) is 7.27. The molecule has 1 amide bonds. The molecule has 0 bridgehead atoms. The molecule has 1 aliphatic carbocycles. The van der Waals surface area contributed by atoms with Gasteiger partial charge in [0.25, 0.3) is 5.91 Å². The zero-order valence-electron chi connectivity index (χ0n) is 18.5. The predicted molar refractivity (Wildman–Crippen MR) is 131 cm³/mol. The van der Waals surface area contributed by atoms with Gasteiger partial charge in [-0.15, -0.1) is 0 Å². The van der Waals surface area contributed by atoms with E-state index in [0.29, 0.717) is 15.8 Å². The first-order valence-corrected chi connectivity index (χ1v) is 12.0. The minimum Gasteiger partial charge on any atom is -0.497 e. The molecule has 1 N–H and O–H groups in total. The van der Waals surface area contributed by atoms with Gasteiger partial charge in [-0.2, -0.15) is 5.10 Å². The second kappa shape index (κ2) is 10.1. The Labute approximate surface area is 199 Å². The largest absolute Gasteiger partial charge is 0.497 e. The molecule has 32 heavy (non-hydrogen) atoms. The van der Waals surface area contributed by atoms with Crippen LogP contribution in [0.2, 0.25) is 10.0 Å². The molecule has 0 aromatic heterocycles. The lowest BCUT2D eigenvalue weighted by Gasteiger charge is -2.27. The maximum absolute atomic E-state index is 13.3. The van der Waals surface area contributed by atoms with Crippen molar-refractivity contribution in [3.63, 3.8) is 0 Å². The number of hydrogen-bond acceptors (Lipinski definition) is 4. The minimum absolute atomic E-state index is 0.0875. The molecule has 5 nitrogen and oxygen atoms in total. The molecular formula is C25H29Cl2N3O2. The Hall–Kier alpha value is -2.24. The van der Waals surface area contributed by atoms with Crippen LogP contribution in [-0.2, 0) is 4.79 Å². The van der Waals surface area contributed by atoms with E-state index in [2.05, 4.69) is 5.32 Å². The van der Waals surface area contributed by atoms with Crippen molar-refractivity contribution in [3.8, 4) is 5.75 Å². The topological polar surface area (TPSA) is 53.9 Å². The first-order chi connectivity index (χ1) is 15.5. The maximum atomic E-state index is 13.3. The average molecular weight is 474 g/mol. The Morgan fingerprint density at radius 2 is 1.75 bits per heavy atom. The third-order valence-corrected chi connectivity index (χ3v) is 6.96. The number of hydrogen-bond donors (Lipinski definition) is 1. The number of halogens is 2. The maximum Gasteiger partial charge on any atom is 0.268 e. The van der Waals surface area contributed by atoms with E-state index in [4.69, 9.17) is 33.0 Å². The summed E-state index contributed by atoms with van der Waals surface area (Å²) in [5, 5.41) is 11.0. The van der Waals surface area contributed by atoms with Crippen LogP contribution < -0.4 is 15.1 Å². The summed E-state index contributed by atoms with van der Waals surface area (Å²) in [7, 11) is 1.64. The van der Waals surface area contributed by atoms with Crippen LogP contribution in [0.15, 0.2) is 47.6 Å². The zero-order valence-corrected chi connectivity index (χ0v) is 20.0. The highest BCUT2D eigenvalue weighted by Crippen LogP contribution is 2.42. The fraction of sp³-hybridized carbons (Fsp3) is 0.440. The van der Waals surface area contributed by atoms with Gasteiger partial charge in [0.15, 0.2) is 0 Å². The number of nitrogens with zero attached hydrogens (tertiary/aromatic N) is 2. The van der Waals surface area contributed by atoms with E-state index in [9.17, 15) is 4.79 Å². The van der Waals surface area contributed by atoms with Crippen molar-refractivity contribution in [1.82, 2.24) is 5.32 Å². The highest BCUT2D eigenvalue weighted by Gasteiger charge is 2.40. The van der Waals surface area contributed by atoms with Crippen LogP contribution in [0.5, 0.6) is 5.75 Å². The molecule has 4 rings (SSSR count). The van der Waals surface area contributed by atoms with Gasteiger partial charge in [0.1, 0.15) is 11.5 Å². The van der Waals surface area contributed by atoms with Crippen LogP contribution in [-0.4, -0.2) is 24.8 Å². The SMILES string of the molecule is COc1ccc([C@@H]2[C@H](C)C(C(=O)NC3CCCCCC3)=NN2c2ccc(Cl)cc2Cl)cc1. The summed E-state index contributed by atoms with van der Waals surface area (Å²) in [4.78, 5) is 13.3. The van der Waals surface area contributed by atoms with Crippen molar-refractivity contribution in [1.29, 1.82) is 0 Å². The Bertz CT molecular complexity index is 985. The van der Waals surface area contributed by atoms with Crippen LogP contribution in [0.4, 0.5) is 5.69 Å². The van der Waals surface area contributed by atoms with Gasteiger partial charge in [-0.05, 0) is 48.7 Å². The molecule has 0 spiro atoms. The van der Waals surface area contributed by atoms with E-state index in [1.165, 1.54) is 12.8 Å². The Balaban J connectivity index is 1.66. The van der Waals surface area contributed by atoms with Crippen molar-refractivity contribution >= 4 is 40.5 Å². The van der Waals surface area contributed by atoms with Crippen LogP contribution in [0.1, 0.15) is 57.1 Å². The van der Waals surface area contributed by atoms with E-state index in [-0.39, 0.29) is 23.9 Å². The molecule has 2 aromatic rings. The van der Waals surface area contributed by atoms with Crippen molar-refractivity contribution in [2.75, 3.05) is 12.1 Å². The smallest absolute Gasteiger partial charge is 0.268 e. The average Bonchev–Trinajstić information content (AvgIpc) is 2.94. The first kappa shape index (κ1) is 22.9. The molecule has 1 heterocycles. The highest BCUT2D eigenvalue weighted by molar-refractivity contribution is 6.41. The summed E-state index contributed by atoms with van der Waals surface area (Å²) >= 11 is 12.7. The highest BCUT2D eigenvalue weighted by atomic mass is 35.5. The summed E-state index contributed by atoms with van der Waals surface area (Å²) < 4.78 is 5.31. The van der Waals surface area contributed by atoms with Crippen LogP contribution in [0, 0.1) is 5.92 Å². The molecule has 0 saturated heterocycles. The van der Waals surface area contributed by atoms with Crippen LogP contribution in [0.25, 0.3) is 0 Å². The molecule has 2 atom stereocenters. The predicted octanol–water partition coefficient (Wildman–Crippen LogP) is 6.39. The summed E-state index contributed by atoms with van der Waals surface area (Å²) in [5.74, 6) is 0.569. The van der Waals surface area contributed by atoms with Crippen molar-refractivity contribution in [2.45, 2.75) is 57.5 Å². The number of methoxy groups -OCH3 is 1.